The molecular weight excluding hydrogens is 513 g/mol. The van der Waals surface area contributed by atoms with Gasteiger partial charge in [0.25, 0.3) is 0 Å². The summed E-state index contributed by atoms with van der Waals surface area (Å²) in [7, 11) is 0. The maximum atomic E-state index is 12.9. The number of rotatable bonds is 7. The second kappa shape index (κ2) is 10.7. The molecule has 0 saturated carbocycles. The number of aryl methyl sites for hydroxylation is 1. The van der Waals surface area contributed by atoms with Crippen molar-refractivity contribution in [3.05, 3.63) is 104 Å². The van der Waals surface area contributed by atoms with Crippen molar-refractivity contribution in [1.82, 2.24) is 9.13 Å². The highest BCUT2D eigenvalue weighted by Crippen LogP contribution is 2.28. The van der Waals surface area contributed by atoms with Gasteiger partial charge in [0.2, 0.25) is 11.8 Å². The molecule has 174 valence electrons. The monoisotopic (exact) mass is 531 g/mol. The number of aromatic nitrogens is 2. The maximum Gasteiger partial charge on any atom is 0.230 e. The standard InChI is InChI=1S/C25H20Cl3N3O2S/c26-17-8-6-16(7-9-17)12-13-30-22(15-23(32)29-18-10-11-20(27)21(28)14-18)24(33)31(25(30)34)19-4-2-1-3-5-19/h1-11,14,33H,12-13,15H2,(H,29,32). The van der Waals surface area contributed by atoms with Crippen LogP contribution in [0, 0.1) is 4.77 Å². The van der Waals surface area contributed by atoms with Gasteiger partial charge in [0.15, 0.2) is 4.77 Å². The summed E-state index contributed by atoms with van der Waals surface area (Å²) in [6, 6.07) is 21.7. The van der Waals surface area contributed by atoms with E-state index in [1.807, 2.05) is 54.6 Å². The zero-order chi connectivity index (χ0) is 24.2. The van der Waals surface area contributed by atoms with E-state index in [0.29, 0.717) is 49.9 Å². The van der Waals surface area contributed by atoms with E-state index >= 15 is 0 Å². The predicted octanol–water partition coefficient (Wildman–Crippen LogP) is 7.10. The van der Waals surface area contributed by atoms with Crippen LogP contribution in [0.15, 0.2) is 72.8 Å². The number of imidazole rings is 1. The summed E-state index contributed by atoms with van der Waals surface area (Å²) in [5.41, 5.74) is 2.69. The molecule has 0 bridgehead atoms. The van der Waals surface area contributed by atoms with E-state index in [4.69, 9.17) is 47.0 Å². The van der Waals surface area contributed by atoms with Gasteiger partial charge in [0.05, 0.1) is 27.8 Å². The molecule has 2 N–H and O–H groups in total. The number of amides is 1. The third kappa shape index (κ3) is 5.47. The number of carbonyl (C=O) groups excluding carboxylic acids is 1. The average Bonchev–Trinajstić information content (AvgIpc) is 3.05. The van der Waals surface area contributed by atoms with Gasteiger partial charge in [-0.1, -0.05) is 65.1 Å². The highest BCUT2D eigenvalue weighted by molar-refractivity contribution is 7.71. The van der Waals surface area contributed by atoms with Crippen molar-refractivity contribution in [1.29, 1.82) is 0 Å². The Labute approximate surface area is 217 Å². The Morgan fingerprint density at radius 3 is 2.32 bits per heavy atom. The molecule has 0 aliphatic carbocycles. The van der Waals surface area contributed by atoms with Crippen molar-refractivity contribution < 1.29 is 9.90 Å². The molecule has 1 amide bonds. The van der Waals surface area contributed by atoms with E-state index < -0.39 is 0 Å². The fourth-order valence-corrected chi connectivity index (χ4v) is 4.43. The van der Waals surface area contributed by atoms with Crippen molar-refractivity contribution in [2.75, 3.05) is 5.32 Å². The molecule has 0 spiro atoms. The van der Waals surface area contributed by atoms with Gasteiger partial charge < -0.3 is 15.0 Å². The number of halogens is 3. The summed E-state index contributed by atoms with van der Waals surface area (Å²) in [5, 5.41) is 15.3. The lowest BCUT2D eigenvalue weighted by Crippen LogP contribution is -2.17. The minimum Gasteiger partial charge on any atom is -0.493 e. The SMILES string of the molecule is O=C(Cc1c(O)n(-c2ccccc2)c(=S)n1CCc1ccc(Cl)cc1)Nc1ccc(Cl)c(Cl)c1. The molecule has 3 aromatic carbocycles. The number of nitrogens with zero attached hydrogens (tertiary/aromatic N) is 2. The Hall–Kier alpha value is -2.77. The Bertz CT molecular complexity index is 1380. The molecule has 0 aliphatic heterocycles. The molecule has 5 nitrogen and oxygen atoms in total. The number of carbonyl (C=O) groups is 1. The number of benzene rings is 3. The van der Waals surface area contributed by atoms with Crippen molar-refractivity contribution in [3.8, 4) is 11.6 Å². The summed E-state index contributed by atoms with van der Waals surface area (Å²) in [5.74, 6) is -0.397. The van der Waals surface area contributed by atoms with Crippen molar-refractivity contribution in [3.63, 3.8) is 0 Å². The van der Waals surface area contributed by atoms with Crippen molar-refractivity contribution in [2.24, 2.45) is 0 Å². The fourth-order valence-electron chi connectivity index (χ4n) is 3.61. The molecule has 4 aromatic rings. The highest BCUT2D eigenvalue weighted by Gasteiger charge is 2.21. The van der Waals surface area contributed by atoms with Gasteiger partial charge >= 0.3 is 0 Å². The second-order valence-corrected chi connectivity index (χ2v) is 9.22. The summed E-state index contributed by atoms with van der Waals surface area (Å²) < 4.78 is 3.76. The van der Waals surface area contributed by atoms with Crippen molar-refractivity contribution in [2.45, 2.75) is 19.4 Å². The molecule has 0 saturated heterocycles. The maximum absolute atomic E-state index is 12.9. The predicted molar refractivity (Wildman–Crippen MR) is 140 cm³/mol. The zero-order valence-electron chi connectivity index (χ0n) is 17.8. The molecular formula is C25H20Cl3N3O2S. The minimum absolute atomic E-state index is 0.0726. The second-order valence-electron chi connectivity index (χ2n) is 7.61. The third-order valence-corrected chi connectivity index (χ3v) is 6.69. The normalized spacial score (nSPS) is 10.9. The summed E-state index contributed by atoms with van der Waals surface area (Å²) in [4.78, 5) is 12.9. The van der Waals surface area contributed by atoms with Crippen LogP contribution in [0.2, 0.25) is 15.1 Å². The minimum atomic E-state index is -0.325. The van der Waals surface area contributed by atoms with Gasteiger partial charge in [-0.15, -0.1) is 0 Å². The first-order valence-electron chi connectivity index (χ1n) is 10.4. The van der Waals surface area contributed by atoms with E-state index in [2.05, 4.69) is 5.32 Å². The van der Waals surface area contributed by atoms with Crippen molar-refractivity contribution >= 4 is 58.6 Å². The van der Waals surface area contributed by atoms with Crippen LogP contribution >= 0.6 is 47.0 Å². The fraction of sp³-hybridized carbons (Fsp3) is 0.120. The van der Waals surface area contributed by atoms with Gasteiger partial charge in [-0.05, 0) is 66.7 Å². The van der Waals surface area contributed by atoms with Crippen LogP contribution < -0.4 is 5.32 Å². The molecule has 1 aromatic heterocycles. The molecule has 34 heavy (non-hydrogen) atoms. The molecule has 0 unspecified atom stereocenters. The lowest BCUT2D eigenvalue weighted by Gasteiger charge is -2.10. The van der Waals surface area contributed by atoms with E-state index in [1.54, 1.807) is 27.3 Å². The first kappa shape index (κ1) is 24.4. The van der Waals surface area contributed by atoms with Gasteiger partial charge in [0, 0.05) is 17.3 Å². The number of hydrogen-bond donors (Lipinski definition) is 2. The molecule has 0 fully saturated rings. The van der Waals surface area contributed by atoms with Crippen LogP contribution in [-0.4, -0.2) is 20.1 Å². The molecule has 0 radical (unpaired) electrons. The average molecular weight is 533 g/mol. The Kier molecular flexibility index (Phi) is 7.63. The Balaban J connectivity index is 1.66. The molecule has 4 rings (SSSR count). The van der Waals surface area contributed by atoms with Gasteiger partial charge in [-0.25, -0.2) is 0 Å². The number of anilines is 1. The lowest BCUT2D eigenvalue weighted by atomic mass is 10.1. The van der Waals surface area contributed by atoms with Crippen LogP contribution in [0.25, 0.3) is 5.69 Å². The first-order chi connectivity index (χ1) is 16.3. The van der Waals surface area contributed by atoms with E-state index in [1.165, 1.54) is 0 Å². The molecule has 1 heterocycles. The number of aromatic hydroxyl groups is 1. The zero-order valence-corrected chi connectivity index (χ0v) is 20.9. The van der Waals surface area contributed by atoms with Gasteiger partial charge in [-0.3, -0.25) is 9.36 Å². The Morgan fingerprint density at radius 1 is 0.941 bits per heavy atom. The summed E-state index contributed by atoms with van der Waals surface area (Å²) in [6.07, 6.45) is 0.557. The number of para-hydroxylation sites is 1. The quantitative estimate of drug-likeness (QED) is 0.250. The van der Waals surface area contributed by atoms with Crippen LogP contribution in [-0.2, 0) is 24.2 Å². The molecule has 0 atom stereocenters. The van der Waals surface area contributed by atoms with Gasteiger partial charge in [0.1, 0.15) is 0 Å². The van der Waals surface area contributed by atoms with E-state index in [0.717, 1.165) is 5.56 Å². The topological polar surface area (TPSA) is 59.2 Å². The van der Waals surface area contributed by atoms with Crippen LogP contribution in [0.4, 0.5) is 5.69 Å². The van der Waals surface area contributed by atoms with Crippen LogP contribution in [0.3, 0.4) is 0 Å². The lowest BCUT2D eigenvalue weighted by molar-refractivity contribution is -0.115. The highest BCUT2D eigenvalue weighted by atomic mass is 35.5. The Morgan fingerprint density at radius 2 is 1.65 bits per heavy atom. The van der Waals surface area contributed by atoms with Gasteiger partial charge in [-0.2, -0.15) is 0 Å². The smallest absolute Gasteiger partial charge is 0.230 e. The summed E-state index contributed by atoms with van der Waals surface area (Å²) in [6.45, 7) is 0.475. The third-order valence-electron chi connectivity index (χ3n) is 5.30. The number of nitrogens with one attached hydrogen (secondary N) is 1. The van der Waals surface area contributed by atoms with E-state index in [-0.39, 0.29) is 18.2 Å². The van der Waals surface area contributed by atoms with E-state index in [9.17, 15) is 9.90 Å². The molecule has 0 aliphatic rings. The van der Waals surface area contributed by atoms with Crippen LogP contribution in [0.1, 0.15) is 11.3 Å². The van der Waals surface area contributed by atoms with Crippen LogP contribution in [0.5, 0.6) is 5.88 Å². The summed E-state index contributed by atoms with van der Waals surface area (Å²) >= 11 is 23.7. The molecule has 9 heteroatoms. The first-order valence-corrected chi connectivity index (χ1v) is 12.0. The largest absolute Gasteiger partial charge is 0.493 e. The number of hydrogen-bond acceptors (Lipinski definition) is 3.